The average molecular weight is 304 g/mol. The molecule has 0 radical (unpaired) electrons. The standard InChI is InChI=1S/C16H20N2O4/c1-10-15(16(17)19)18(5-6-21-10)9-13-8-11-7-12(20-2)3-4-14(11)22-13/h3-4,7-8,10,15H,5-6,9H2,1-2H3,(H2,17,19)/t10-,15+/m1/s1. The van der Waals surface area contributed by atoms with Crippen LogP contribution in [0.15, 0.2) is 28.7 Å². The third-order valence-corrected chi connectivity index (χ3v) is 4.02. The van der Waals surface area contributed by atoms with Gasteiger partial charge in [-0.3, -0.25) is 9.69 Å². The Morgan fingerprint density at radius 1 is 1.45 bits per heavy atom. The monoisotopic (exact) mass is 304 g/mol. The lowest BCUT2D eigenvalue weighted by Crippen LogP contribution is -2.55. The van der Waals surface area contributed by atoms with Gasteiger partial charge < -0.3 is 19.6 Å². The van der Waals surface area contributed by atoms with Gasteiger partial charge in [-0.05, 0) is 31.2 Å². The van der Waals surface area contributed by atoms with E-state index in [0.29, 0.717) is 19.7 Å². The zero-order chi connectivity index (χ0) is 15.7. The largest absolute Gasteiger partial charge is 0.497 e. The molecular formula is C16H20N2O4. The second kappa shape index (κ2) is 5.98. The van der Waals surface area contributed by atoms with Crippen LogP contribution in [-0.2, 0) is 16.1 Å². The molecule has 2 N–H and O–H groups in total. The SMILES string of the molecule is COc1ccc2oc(CN3CCO[C@H](C)[C@H]3C(N)=O)cc2c1. The molecule has 1 aliphatic rings. The normalized spacial score (nSPS) is 22.8. The lowest BCUT2D eigenvalue weighted by Gasteiger charge is -2.37. The summed E-state index contributed by atoms with van der Waals surface area (Å²) in [5.74, 6) is 1.21. The van der Waals surface area contributed by atoms with E-state index in [1.807, 2.05) is 36.1 Å². The first-order chi connectivity index (χ1) is 10.6. The van der Waals surface area contributed by atoms with Crippen molar-refractivity contribution < 1.29 is 18.7 Å². The smallest absolute Gasteiger partial charge is 0.237 e. The Morgan fingerprint density at radius 3 is 3.00 bits per heavy atom. The fraction of sp³-hybridized carbons (Fsp3) is 0.438. The molecular weight excluding hydrogens is 284 g/mol. The maximum absolute atomic E-state index is 11.7. The molecule has 1 saturated heterocycles. The van der Waals surface area contributed by atoms with Crippen LogP contribution >= 0.6 is 0 Å². The van der Waals surface area contributed by atoms with Crippen molar-refractivity contribution in [3.63, 3.8) is 0 Å². The number of carbonyl (C=O) groups excluding carboxylic acids is 1. The molecule has 1 aromatic carbocycles. The van der Waals surface area contributed by atoms with Crippen molar-refractivity contribution in [1.29, 1.82) is 0 Å². The van der Waals surface area contributed by atoms with Gasteiger partial charge in [0, 0.05) is 11.9 Å². The minimum atomic E-state index is -0.434. The van der Waals surface area contributed by atoms with E-state index in [1.165, 1.54) is 0 Å². The molecule has 0 bridgehead atoms. The summed E-state index contributed by atoms with van der Waals surface area (Å²) < 4.78 is 16.6. The summed E-state index contributed by atoms with van der Waals surface area (Å²) in [4.78, 5) is 13.7. The number of methoxy groups -OCH3 is 1. The molecule has 6 nitrogen and oxygen atoms in total. The molecule has 1 aliphatic heterocycles. The van der Waals surface area contributed by atoms with Crippen molar-refractivity contribution in [2.24, 2.45) is 5.73 Å². The summed E-state index contributed by atoms with van der Waals surface area (Å²) >= 11 is 0. The molecule has 0 saturated carbocycles. The number of morpholine rings is 1. The summed E-state index contributed by atoms with van der Waals surface area (Å²) in [5.41, 5.74) is 6.31. The van der Waals surface area contributed by atoms with E-state index in [-0.39, 0.29) is 12.0 Å². The van der Waals surface area contributed by atoms with E-state index in [1.54, 1.807) is 7.11 Å². The maximum Gasteiger partial charge on any atom is 0.237 e. The number of fused-ring (bicyclic) bond motifs is 1. The molecule has 22 heavy (non-hydrogen) atoms. The van der Waals surface area contributed by atoms with Crippen LogP contribution in [-0.4, -0.2) is 43.2 Å². The Labute approximate surface area is 128 Å². The highest BCUT2D eigenvalue weighted by atomic mass is 16.5. The number of amides is 1. The first-order valence-electron chi connectivity index (χ1n) is 7.30. The number of hydrogen-bond donors (Lipinski definition) is 1. The van der Waals surface area contributed by atoms with Gasteiger partial charge in [0.25, 0.3) is 0 Å². The predicted molar refractivity (Wildman–Crippen MR) is 81.6 cm³/mol. The van der Waals surface area contributed by atoms with Crippen molar-refractivity contribution in [2.45, 2.75) is 25.6 Å². The number of benzene rings is 1. The summed E-state index contributed by atoms with van der Waals surface area (Å²) in [7, 11) is 1.63. The molecule has 2 heterocycles. The molecule has 1 fully saturated rings. The summed E-state index contributed by atoms with van der Waals surface area (Å²) in [6, 6.07) is 7.20. The summed E-state index contributed by atoms with van der Waals surface area (Å²) in [5, 5.41) is 0.978. The van der Waals surface area contributed by atoms with E-state index in [2.05, 4.69) is 0 Å². The number of ether oxygens (including phenoxy) is 2. The number of nitrogens with two attached hydrogens (primary N) is 1. The Balaban J connectivity index is 1.83. The number of carbonyl (C=O) groups is 1. The van der Waals surface area contributed by atoms with Crippen LogP contribution in [0.5, 0.6) is 5.75 Å². The van der Waals surface area contributed by atoms with Crippen LogP contribution in [0, 0.1) is 0 Å². The van der Waals surface area contributed by atoms with Crippen LogP contribution in [0.25, 0.3) is 11.0 Å². The van der Waals surface area contributed by atoms with E-state index in [0.717, 1.165) is 22.5 Å². The van der Waals surface area contributed by atoms with Crippen molar-refractivity contribution in [3.05, 3.63) is 30.0 Å². The molecule has 2 aromatic rings. The van der Waals surface area contributed by atoms with Gasteiger partial charge in [-0.1, -0.05) is 0 Å². The number of hydrogen-bond acceptors (Lipinski definition) is 5. The van der Waals surface area contributed by atoms with Crippen LogP contribution < -0.4 is 10.5 Å². The van der Waals surface area contributed by atoms with Crippen LogP contribution in [0.4, 0.5) is 0 Å². The summed E-state index contributed by atoms with van der Waals surface area (Å²) in [6.45, 7) is 3.63. The lowest BCUT2D eigenvalue weighted by atomic mass is 10.1. The molecule has 0 aliphatic carbocycles. The Kier molecular flexibility index (Phi) is 4.04. The second-order valence-corrected chi connectivity index (χ2v) is 5.51. The van der Waals surface area contributed by atoms with Crippen molar-refractivity contribution in [1.82, 2.24) is 4.90 Å². The number of rotatable bonds is 4. The van der Waals surface area contributed by atoms with Gasteiger partial charge in [-0.25, -0.2) is 0 Å². The van der Waals surface area contributed by atoms with E-state index in [4.69, 9.17) is 19.6 Å². The number of nitrogens with zero attached hydrogens (tertiary/aromatic N) is 1. The minimum absolute atomic E-state index is 0.212. The van der Waals surface area contributed by atoms with Gasteiger partial charge in [0.15, 0.2) is 0 Å². The van der Waals surface area contributed by atoms with Crippen molar-refractivity contribution in [2.75, 3.05) is 20.3 Å². The second-order valence-electron chi connectivity index (χ2n) is 5.51. The summed E-state index contributed by atoms with van der Waals surface area (Å²) in [6.07, 6.45) is -0.212. The molecule has 6 heteroatoms. The molecule has 118 valence electrons. The van der Waals surface area contributed by atoms with Crippen molar-refractivity contribution in [3.8, 4) is 5.75 Å². The van der Waals surface area contributed by atoms with Gasteiger partial charge in [0.05, 0.1) is 26.4 Å². The highest BCUT2D eigenvalue weighted by Gasteiger charge is 2.34. The minimum Gasteiger partial charge on any atom is -0.497 e. The average Bonchev–Trinajstić information content (AvgIpc) is 2.87. The van der Waals surface area contributed by atoms with Crippen LogP contribution in [0.3, 0.4) is 0 Å². The Hall–Kier alpha value is -2.05. The van der Waals surface area contributed by atoms with E-state index >= 15 is 0 Å². The topological polar surface area (TPSA) is 77.9 Å². The quantitative estimate of drug-likeness (QED) is 0.926. The van der Waals surface area contributed by atoms with Crippen LogP contribution in [0.2, 0.25) is 0 Å². The van der Waals surface area contributed by atoms with Gasteiger partial charge in [-0.15, -0.1) is 0 Å². The first kappa shape index (κ1) is 14.9. The third-order valence-electron chi connectivity index (χ3n) is 4.02. The lowest BCUT2D eigenvalue weighted by molar-refractivity contribution is -0.136. The third kappa shape index (κ3) is 2.80. The first-order valence-corrected chi connectivity index (χ1v) is 7.30. The van der Waals surface area contributed by atoms with Crippen LogP contribution in [0.1, 0.15) is 12.7 Å². The van der Waals surface area contributed by atoms with Gasteiger partial charge in [0.1, 0.15) is 23.1 Å². The van der Waals surface area contributed by atoms with E-state index in [9.17, 15) is 4.79 Å². The molecule has 0 unspecified atom stereocenters. The Bertz CT molecular complexity index is 682. The molecule has 1 aromatic heterocycles. The molecule has 3 rings (SSSR count). The van der Waals surface area contributed by atoms with Gasteiger partial charge >= 0.3 is 0 Å². The molecule has 0 spiro atoms. The Morgan fingerprint density at radius 2 is 2.27 bits per heavy atom. The fourth-order valence-corrected chi connectivity index (χ4v) is 2.95. The highest BCUT2D eigenvalue weighted by molar-refractivity contribution is 5.81. The molecule has 1 amide bonds. The zero-order valence-electron chi connectivity index (χ0n) is 12.7. The predicted octanol–water partition coefficient (Wildman–Crippen LogP) is 1.52. The van der Waals surface area contributed by atoms with E-state index < -0.39 is 6.04 Å². The maximum atomic E-state index is 11.7. The van der Waals surface area contributed by atoms with Gasteiger partial charge in [0.2, 0.25) is 5.91 Å². The zero-order valence-corrected chi connectivity index (χ0v) is 12.7. The van der Waals surface area contributed by atoms with Gasteiger partial charge in [-0.2, -0.15) is 0 Å². The fourth-order valence-electron chi connectivity index (χ4n) is 2.95. The number of primary amides is 1. The molecule has 2 atom stereocenters. The number of furan rings is 1. The highest BCUT2D eigenvalue weighted by Crippen LogP contribution is 2.26. The van der Waals surface area contributed by atoms with Crippen molar-refractivity contribution >= 4 is 16.9 Å².